The van der Waals surface area contributed by atoms with Gasteiger partial charge in [-0.3, -0.25) is 9.69 Å². The molecule has 0 radical (unpaired) electrons. The van der Waals surface area contributed by atoms with Crippen molar-refractivity contribution in [1.82, 2.24) is 15.2 Å². The van der Waals surface area contributed by atoms with E-state index in [1.165, 1.54) is 0 Å². The van der Waals surface area contributed by atoms with Crippen molar-refractivity contribution in [3.05, 3.63) is 53.6 Å². The van der Waals surface area contributed by atoms with Crippen LogP contribution in [0.5, 0.6) is 5.88 Å². The molecular weight excluding hydrogens is 452 g/mol. The Bertz CT molecular complexity index is 1150. The zero-order valence-electron chi connectivity index (χ0n) is 19.5. The molecule has 1 unspecified atom stereocenters. The zero-order valence-corrected chi connectivity index (χ0v) is 21.2. The van der Waals surface area contributed by atoms with Crippen molar-refractivity contribution < 1.29 is 9.53 Å². The van der Waals surface area contributed by atoms with Crippen molar-refractivity contribution in [3.8, 4) is 17.1 Å². The van der Waals surface area contributed by atoms with E-state index in [-0.39, 0.29) is 5.91 Å². The van der Waals surface area contributed by atoms with Gasteiger partial charge < -0.3 is 4.74 Å². The number of anilines is 1. The van der Waals surface area contributed by atoms with Gasteiger partial charge in [-0.15, -0.1) is 22.0 Å². The third-order valence-corrected chi connectivity index (χ3v) is 7.04. The summed E-state index contributed by atoms with van der Waals surface area (Å²) in [5.74, 6) is 1.79. The predicted octanol–water partition coefficient (Wildman–Crippen LogP) is 6.15. The van der Waals surface area contributed by atoms with Crippen molar-refractivity contribution in [1.29, 1.82) is 0 Å². The Kier molecular flexibility index (Phi) is 7.24. The minimum absolute atomic E-state index is 0.119. The van der Waals surface area contributed by atoms with E-state index in [0.717, 1.165) is 39.4 Å². The second-order valence-electron chi connectivity index (χ2n) is 8.43. The van der Waals surface area contributed by atoms with Gasteiger partial charge in [0.25, 0.3) is 0 Å². The number of hydrogen-bond donors (Lipinski definition) is 0. The maximum atomic E-state index is 12.9. The Labute approximate surface area is 203 Å². The lowest BCUT2D eigenvalue weighted by atomic mass is 10.0. The minimum Gasteiger partial charge on any atom is -0.447 e. The first-order valence-electron chi connectivity index (χ1n) is 11.0. The van der Waals surface area contributed by atoms with Crippen LogP contribution in [0.1, 0.15) is 44.5 Å². The summed E-state index contributed by atoms with van der Waals surface area (Å²) < 4.78 is 6.45. The van der Waals surface area contributed by atoms with Gasteiger partial charge in [-0.1, -0.05) is 49.4 Å². The van der Waals surface area contributed by atoms with Gasteiger partial charge in [-0.2, -0.15) is 4.98 Å². The van der Waals surface area contributed by atoms with Gasteiger partial charge in [0.2, 0.25) is 23.2 Å². The van der Waals surface area contributed by atoms with Crippen LogP contribution in [-0.2, 0) is 4.79 Å². The average molecular weight is 481 g/mol. The van der Waals surface area contributed by atoms with Crippen LogP contribution in [0.4, 0.5) is 5.69 Å². The fourth-order valence-electron chi connectivity index (χ4n) is 3.65. The summed E-state index contributed by atoms with van der Waals surface area (Å²) in [5, 5.41) is 9.45. The molecule has 0 N–H and O–H groups in total. The van der Waals surface area contributed by atoms with Gasteiger partial charge in [0.05, 0.1) is 5.69 Å². The van der Waals surface area contributed by atoms with Crippen LogP contribution in [0.3, 0.4) is 0 Å². The Morgan fingerprint density at radius 3 is 2.58 bits per heavy atom. The van der Waals surface area contributed by atoms with Crippen molar-refractivity contribution in [2.75, 3.05) is 16.9 Å². The molecule has 2 aromatic carbocycles. The lowest BCUT2D eigenvalue weighted by Crippen LogP contribution is -2.36. The second kappa shape index (κ2) is 10.1. The highest BCUT2D eigenvalue weighted by Gasteiger charge is 2.34. The summed E-state index contributed by atoms with van der Waals surface area (Å²) in [5.41, 5.74) is 4.01. The molecule has 0 bridgehead atoms. The van der Waals surface area contributed by atoms with Gasteiger partial charge in [-0.25, -0.2) is 0 Å². The van der Waals surface area contributed by atoms with Crippen LogP contribution in [0.25, 0.3) is 11.3 Å². The van der Waals surface area contributed by atoms with E-state index >= 15 is 0 Å². The number of carbonyl (C=O) groups excluding carboxylic acids is 1. The van der Waals surface area contributed by atoms with Crippen LogP contribution >= 0.6 is 23.5 Å². The predicted molar refractivity (Wildman–Crippen MR) is 135 cm³/mol. The Balaban J connectivity index is 1.83. The Morgan fingerprint density at radius 1 is 1.15 bits per heavy atom. The third kappa shape index (κ3) is 5.17. The monoisotopic (exact) mass is 480 g/mol. The molecular formula is C25H28N4O2S2. The fraction of sp³-hybridized carbons (Fsp3) is 0.360. The molecule has 6 nitrogen and oxygen atoms in total. The lowest BCUT2D eigenvalue weighted by molar-refractivity contribution is -0.118. The highest BCUT2D eigenvalue weighted by molar-refractivity contribution is 7.99. The molecule has 1 aliphatic rings. The minimum atomic E-state index is -0.661. The van der Waals surface area contributed by atoms with Gasteiger partial charge in [-0.05, 0) is 49.8 Å². The summed E-state index contributed by atoms with van der Waals surface area (Å²) in [7, 11) is 0. The Hall–Kier alpha value is -2.58. The van der Waals surface area contributed by atoms with Crippen LogP contribution in [0.15, 0.2) is 52.5 Å². The molecule has 8 heteroatoms. The third-order valence-electron chi connectivity index (χ3n) is 5.43. The van der Waals surface area contributed by atoms with Gasteiger partial charge >= 0.3 is 0 Å². The number of fused-ring (bicyclic) bond motifs is 3. The van der Waals surface area contributed by atoms with E-state index in [1.807, 2.05) is 55.6 Å². The van der Waals surface area contributed by atoms with E-state index < -0.39 is 6.23 Å². The smallest absolute Gasteiger partial charge is 0.247 e. The summed E-state index contributed by atoms with van der Waals surface area (Å²) >= 11 is 3.24. The first kappa shape index (κ1) is 23.6. The zero-order chi connectivity index (χ0) is 23.5. The van der Waals surface area contributed by atoms with E-state index in [2.05, 4.69) is 24.0 Å². The molecule has 0 fully saturated rings. The van der Waals surface area contributed by atoms with Gasteiger partial charge in [0.15, 0.2) is 5.69 Å². The molecule has 3 aromatic rings. The normalized spacial score (nSPS) is 15.0. The molecule has 0 saturated carbocycles. The number of carbonyl (C=O) groups is 1. The van der Waals surface area contributed by atoms with Crippen LogP contribution in [0.2, 0.25) is 0 Å². The second-order valence-corrected chi connectivity index (χ2v) is 10.4. The van der Waals surface area contributed by atoms with E-state index in [0.29, 0.717) is 22.6 Å². The molecule has 1 aliphatic heterocycles. The van der Waals surface area contributed by atoms with Crippen molar-refractivity contribution in [2.24, 2.45) is 5.92 Å². The quantitative estimate of drug-likeness (QED) is 0.392. The number of thioether (sulfide) groups is 2. The summed E-state index contributed by atoms with van der Waals surface area (Å²) in [4.78, 5) is 20.5. The van der Waals surface area contributed by atoms with Crippen molar-refractivity contribution in [2.45, 2.75) is 50.4 Å². The highest BCUT2D eigenvalue weighted by Crippen LogP contribution is 2.44. The molecule has 0 saturated heterocycles. The van der Waals surface area contributed by atoms with Gasteiger partial charge in [0.1, 0.15) is 0 Å². The van der Waals surface area contributed by atoms with Crippen molar-refractivity contribution in [3.63, 3.8) is 0 Å². The number of nitrogens with zero attached hydrogens (tertiary/aromatic N) is 4. The summed E-state index contributed by atoms with van der Waals surface area (Å²) in [6, 6.07) is 14.0. The Morgan fingerprint density at radius 2 is 1.91 bits per heavy atom. The van der Waals surface area contributed by atoms with Crippen LogP contribution < -0.4 is 9.64 Å². The van der Waals surface area contributed by atoms with Crippen LogP contribution in [-0.4, -0.2) is 33.1 Å². The molecule has 1 aromatic heterocycles. The SMILES string of the molecule is CSc1ccc(C2Oc3nc(SCCC(C)C)nnc3-c3cc(C)ccc3N2C(C)=O)cc1. The number of hydrogen-bond acceptors (Lipinski definition) is 7. The molecule has 4 rings (SSSR count). The number of aromatic nitrogens is 3. The molecule has 172 valence electrons. The molecule has 0 spiro atoms. The van der Waals surface area contributed by atoms with Crippen molar-refractivity contribution >= 4 is 35.1 Å². The summed E-state index contributed by atoms with van der Waals surface area (Å²) in [6.45, 7) is 7.96. The molecule has 0 aliphatic carbocycles. The first-order valence-corrected chi connectivity index (χ1v) is 13.2. The maximum absolute atomic E-state index is 12.9. The summed E-state index contributed by atoms with van der Waals surface area (Å²) in [6.07, 6.45) is 2.44. The molecule has 33 heavy (non-hydrogen) atoms. The maximum Gasteiger partial charge on any atom is 0.247 e. The average Bonchev–Trinajstić information content (AvgIpc) is 2.93. The van der Waals surface area contributed by atoms with Gasteiger partial charge in [0, 0.05) is 28.7 Å². The highest BCUT2D eigenvalue weighted by atomic mass is 32.2. The lowest BCUT2D eigenvalue weighted by Gasteiger charge is -2.30. The number of rotatable bonds is 6. The standard InChI is InChI=1S/C25H28N4O2S2/c1-15(2)12-13-33-25-26-23-22(27-28-25)20-14-16(3)6-11-21(20)29(17(4)30)24(31-23)18-7-9-19(32-5)10-8-18/h6-11,14-15,24H,12-13H2,1-5H3. The first-order chi connectivity index (χ1) is 15.9. The number of aryl methyl sites for hydroxylation is 1. The van der Waals surface area contributed by atoms with E-state index in [1.54, 1.807) is 35.3 Å². The van der Waals surface area contributed by atoms with Crippen LogP contribution in [0, 0.1) is 12.8 Å². The molecule has 2 heterocycles. The molecule has 1 amide bonds. The number of ether oxygens (including phenoxy) is 1. The number of benzene rings is 2. The topological polar surface area (TPSA) is 68.2 Å². The largest absolute Gasteiger partial charge is 0.447 e. The fourth-order valence-corrected chi connectivity index (χ4v) is 5.08. The number of amides is 1. The van der Waals surface area contributed by atoms with E-state index in [4.69, 9.17) is 9.72 Å². The molecule has 1 atom stereocenters. The van der Waals surface area contributed by atoms with E-state index in [9.17, 15) is 4.79 Å².